The molecule has 85 heavy (non-hydrogen) atoms. The van der Waals surface area contributed by atoms with Crippen molar-refractivity contribution in [2.45, 2.75) is 380 Å². The lowest BCUT2D eigenvalue weighted by Gasteiger charge is -2.19. The minimum Gasteiger partial charge on any atom is -0.462 e. The predicted octanol–water partition coefficient (Wildman–Crippen LogP) is 24.2. The fourth-order valence-corrected chi connectivity index (χ4v) is 11.7. The largest absolute Gasteiger partial charge is 0.472 e. The van der Waals surface area contributed by atoms with Crippen molar-refractivity contribution in [3.8, 4) is 0 Å². The number of carbonyl (C=O) groups is 2. The number of phosphoric acid groups is 1. The van der Waals surface area contributed by atoms with Crippen molar-refractivity contribution in [1.29, 1.82) is 0 Å². The first-order chi connectivity index (χ1) is 41.8. The first-order valence-electron chi connectivity index (χ1n) is 36.8. The average molecular weight is 1210 g/mol. The number of allylic oxidation sites excluding steroid dienone is 10. The summed E-state index contributed by atoms with van der Waals surface area (Å²) in [6.07, 6.45) is 91.9. The summed E-state index contributed by atoms with van der Waals surface area (Å²) in [5.41, 5.74) is 5.41. The zero-order valence-electron chi connectivity index (χ0n) is 56.1. The smallest absolute Gasteiger partial charge is 0.462 e. The molecule has 0 amide bonds. The Balaban J connectivity index is 3.80. The third-order valence-electron chi connectivity index (χ3n) is 16.4. The molecule has 2 atom stereocenters. The van der Waals surface area contributed by atoms with E-state index in [1.165, 1.54) is 283 Å². The van der Waals surface area contributed by atoms with Crippen molar-refractivity contribution in [3.05, 3.63) is 60.8 Å². The number of hydrogen-bond acceptors (Lipinski definition) is 8. The van der Waals surface area contributed by atoms with Gasteiger partial charge in [0.1, 0.15) is 6.61 Å². The van der Waals surface area contributed by atoms with Crippen LogP contribution in [0.2, 0.25) is 0 Å². The van der Waals surface area contributed by atoms with Crippen molar-refractivity contribution < 1.29 is 37.6 Å². The number of unbranched alkanes of at least 4 members (excludes halogenated alkanes) is 47. The van der Waals surface area contributed by atoms with Crippen molar-refractivity contribution in [2.75, 3.05) is 26.4 Å². The lowest BCUT2D eigenvalue weighted by atomic mass is 10.0. The maximum Gasteiger partial charge on any atom is 0.472 e. The molecule has 0 saturated heterocycles. The number of carbonyl (C=O) groups excluding carboxylic acids is 2. The molecule has 498 valence electrons. The van der Waals surface area contributed by atoms with Crippen LogP contribution in [0.25, 0.3) is 0 Å². The van der Waals surface area contributed by atoms with E-state index < -0.39 is 26.5 Å². The van der Waals surface area contributed by atoms with Crippen LogP contribution in [-0.4, -0.2) is 49.3 Å². The molecule has 0 aliphatic rings. The molecule has 0 aromatic rings. The lowest BCUT2D eigenvalue weighted by molar-refractivity contribution is -0.161. The molecule has 0 bridgehead atoms. The highest BCUT2D eigenvalue weighted by atomic mass is 31.2. The molecule has 0 spiro atoms. The first kappa shape index (κ1) is 82.7. The van der Waals surface area contributed by atoms with E-state index in [-0.39, 0.29) is 38.6 Å². The summed E-state index contributed by atoms with van der Waals surface area (Å²) in [4.78, 5) is 35.4. The van der Waals surface area contributed by atoms with Crippen LogP contribution in [0.5, 0.6) is 0 Å². The number of nitrogens with two attached hydrogens (primary N) is 1. The number of phosphoric ester groups is 1. The van der Waals surface area contributed by atoms with E-state index in [0.717, 1.165) is 57.8 Å². The number of hydrogen-bond donors (Lipinski definition) is 2. The van der Waals surface area contributed by atoms with Crippen LogP contribution in [0.1, 0.15) is 373 Å². The summed E-state index contributed by atoms with van der Waals surface area (Å²) in [5.74, 6) is -0.806. The van der Waals surface area contributed by atoms with E-state index in [1.54, 1.807) is 0 Å². The summed E-state index contributed by atoms with van der Waals surface area (Å²) in [7, 11) is -4.39. The zero-order chi connectivity index (χ0) is 61.6. The predicted molar refractivity (Wildman–Crippen MR) is 367 cm³/mol. The molecule has 3 N–H and O–H groups in total. The van der Waals surface area contributed by atoms with Gasteiger partial charge in [0.25, 0.3) is 0 Å². The highest BCUT2D eigenvalue weighted by Gasteiger charge is 2.26. The third kappa shape index (κ3) is 70.7. The van der Waals surface area contributed by atoms with E-state index in [0.29, 0.717) is 6.42 Å². The fraction of sp³-hybridized carbons (Fsp3) is 0.840. The van der Waals surface area contributed by atoms with E-state index in [2.05, 4.69) is 74.6 Å². The van der Waals surface area contributed by atoms with Crippen LogP contribution in [0.4, 0.5) is 0 Å². The minimum atomic E-state index is -4.39. The standard InChI is InChI=1S/C75H140NO8P/c1-3-5-7-9-11-13-15-17-19-21-23-25-27-29-31-33-35-36-38-40-42-44-46-48-50-52-54-56-58-60-62-64-66-68-75(78)84-73(72-83-85(79,80)82-70-69-76)71-81-74(77)67-65-63-61-59-57-55-53-51-49-47-45-43-41-39-37-34-32-30-28-26-24-22-20-18-16-14-12-10-8-6-4-2/h5,7,11,13,17,19,22-25,73H,3-4,6,8-10,12,14-16,18,20-21,26-72,76H2,1-2H3,(H,79,80)/b7-5-,13-11-,19-17-,24-22-,25-23-. The van der Waals surface area contributed by atoms with Gasteiger partial charge in [0.15, 0.2) is 6.10 Å². The SMILES string of the molecule is CC/C=C\C/C=C\C/C=C\C/C=C\CCCCCCCCCCCCCCCCCCCCCCC(=O)OC(COC(=O)CCCCCCCCCCCCCCCCCCCCC/C=C\CCCCCCCCCC)COP(=O)(O)OCCN. The summed E-state index contributed by atoms with van der Waals surface area (Å²) >= 11 is 0. The van der Waals surface area contributed by atoms with Crippen LogP contribution in [0.3, 0.4) is 0 Å². The van der Waals surface area contributed by atoms with Gasteiger partial charge in [-0.25, -0.2) is 4.57 Å². The normalized spacial score (nSPS) is 13.2. The van der Waals surface area contributed by atoms with Gasteiger partial charge >= 0.3 is 19.8 Å². The average Bonchev–Trinajstić information content (AvgIpc) is 3.52. The Morgan fingerprint density at radius 2 is 0.647 bits per heavy atom. The van der Waals surface area contributed by atoms with Crippen LogP contribution < -0.4 is 5.73 Å². The Morgan fingerprint density at radius 3 is 0.976 bits per heavy atom. The molecule has 2 unspecified atom stereocenters. The van der Waals surface area contributed by atoms with Crippen LogP contribution in [0.15, 0.2) is 60.8 Å². The third-order valence-corrected chi connectivity index (χ3v) is 17.4. The molecule has 0 heterocycles. The molecule has 0 aromatic heterocycles. The molecule has 9 nitrogen and oxygen atoms in total. The molecule has 0 aliphatic heterocycles. The van der Waals surface area contributed by atoms with E-state index in [9.17, 15) is 19.0 Å². The molecular weight excluding hydrogens is 1070 g/mol. The van der Waals surface area contributed by atoms with Gasteiger partial charge in [0.2, 0.25) is 0 Å². The second kappa shape index (κ2) is 70.8. The summed E-state index contributed by atoms with van der Waals surface area (Å²) < 4.78 is 33.2. The van der Waals surface area contributed by atoms with Gasteiger partial charge in [0.05, 0.1) is 13.2 Å². The van der Waals surface area contributed by atoms with Crippen molar-refractivity contribution in [2.24, 2.45) is 5.73 Å². The summed E-state index contributed by atoms with van der Waals surface area (Å²) in [5, 5.41) is 0. The molecule has 0 aromatic carbocycles. The molecule has 0 fully saturated rings. The van der Waals surface area contributed by atoms with Gasteiger partial charge < -0.3 is 20.1 Å². The van der Waals surface area contributed by atoms with Crippen molar-refractivity contribution in [1.82, 2.24) is 0 Å². The van der Waals surface area contributed by atoms with Gasteiger partial charge in [-0.3, -0.25) is 18.6 Å². The highest BCUT2D eigenvalue weighted by molar-refractivity contribution is 7.47. The van der Waals surface area contributed by atoms with Gasteiger partial charge in [-0.05, 0) is 77.0 Å². The quantitative estimate of drug-likeness (QED) is 0.0264. The molecule has 10 heteroatoms. The summed E-state index contributed by atoms with van der Waals surface area (Å²) in [6.45, 7) is 3.70. The van der Waals surface area contributed by atoms with Gasteiger partial charge in [-0.2, -0.15) is 0 Å². The number of ether oxygens (including phenoxy) is 2. The Labute approximate surface area is 527 Å². The number of esters is 2. The second-order valence-corrected chi connectivity index (χ2v) is 26.2. The highest BCUT2D eigenvalue weighted by Crippen LogP contribution is 2.43. The van der Waals surface area contributed by atoms with Crippen molar-refractivity contribution >= 4 is 19.8 Å². The Morgan fingerprint density at radius 1 is 0.365 bits per heavy atom. The topological polar surface area (TPSA) is 134 Å². The molecule has 0 aliphatic carbocycles. The maximum atomic E-state index is 12.8. The lowest BCUT2D eigenvalue weighted by Crippen LogP contribution is -2.29. The molecule has 0 radical (unpaired) electrons. The Kier molecular flexibility index (Phi) is 68.9. The molecule has 0 rings (SSSR count). The van der Waals surface area contributed by atoms with E-state index in [1.807, 2.05) is 0 Å². The number of rotatable bonds is 70. The second-order valence-electron chi connectivity index (χ2n) is 24.8. The Hall–Kier alpha value is -2.29. The monoisotopic (exact) mass is 1210 g/mol. The van der Waals surface area contributed by atoms with E-state index in [4.69, 9.17) is 24.3 Å². The minimum absolute atomic E-state index is 0.0550. The summed E-state index contributed by atoms with van der Waals surface area (Å²) in [6, 6.07) is 0. The van der Waals surface area contributed by atoms with Crippen molar-refractivity contribution in [3.63, 3.8) is 0 Å². The Bertz CT molecular complexity index is 1580. The van der Waals surface area contributed by atoms with E-state index >= 15 is 0 Å². The van der Waals surface area contributed by atoms with Gasteiger partial charge in [-0.1, -0.05) is 344 Å². The van der Waals surface area contributed by atoms with Gasteiger partial charge in [-0.15, -0.1) is 0 Å². The fourth-order valence-electron chi connectivity index (χ4n) is 11.0. The zero-order valence-corrected chi connectivity index (χ0v) is 57.0. The first-order valence-corrected chi connectivity index (χ1v) is 38.3. The molecule has 0 saturated carbocycles. The van der Waals surface area contributed by atoms with Crippen LogP contribution >= 0.6 is 7.82 Å². The maximum absolute atomic E-state index is 12.8. The van der Waals surface area contributed by atoms with Crippen LogP contribution in [0, 0.1) is 0 Å². The van der Waals surface area contributed by atoms with Gasteiger partial charge in [0, 0.05) is 19.4 Å². The molecular formula is C75H140NO8P. The van der Waals surface area contributed by atoms with Crippen LogP contribution in [-0.2, 0) is 32.7 Å².